The molecule has 0 atom stereocenters. The molecule has 1 N–H and O–H groups in total. The molecule has 0 spiro atoms. The van der Waals surface area contributed by atoms with Gasteiger partial charge in [0.05, 0.1) is 19.4 Å². The number of halogens is 1. The maximum atomic E-state index is 5.21. The number of nitrogens with one attached hydrogen (secondary N) is 1. The van der Waals surface area contributed by atoms with E-state index in [0.29, 0.717) is 6.61 Å². The summed E-state index contributed by atoms with van der Waals surface area (Å²) in [5.74, 6) is 0.837. The largest absolute Gasteiger partial charge is 0.495 e. The number of hydrogen-bond acceptors (Lipinski definition) is 3. The number of rotatable bonds is 5. The summed E-state index contributed by atoms with van der Waals surface area (Å²) in [5.41, 5.74) is 0.971. The van der Waals surface area contributed by atoms with Gasteiger partial charge in [0.1, 0.15) is 5.75 Å². The maximum absolute atomic E-state index is 5.21. The van der Waals surface area contributed by atoms with Crippen LogP contribution in [0.15, 0.2) is 22.7 Å². The minimum Gasteiger partial charge on any atom is -0.495 e. The highest BCUT2D eigenvalue weighted by Crippen LogP contribution is 2.27. The molecule has 1 aromatic rings. The summed E-state index contributed by atoms with van der Waals surface area (Å²) >= 11 is 3.41. The van der Waals surface area contributed by atoms with Crippen molar-refractivity contribution in [1.29, 1.82) is 0 Å². The van der Waals surface area contributed by atoms with Crippen LogP contribution in [0, 0.1) is 0 Å². The molecule has 0 radical (unpaired) electrons. The Morgan fingerprint density at radius 3 is 2.79 bits per heavy atom. The van der Waals surface area contributed by atoms with Crippen molar-refractivity contribution < 1.29 is 9.47 Å². The van der Waals surface area contributed by atoms with Gasteiger partial charge < -0.3 is 14.8 Å². The van der Waals surface area contributed by atoms with E-state index in [4.69, 9.17) is 9.47 Å². The van der Waals surface area contributed by atoms with E-state index in [2.05, 4.69) is 21.2 Å². The van der Waals surface area contributed by atoms with Gasteiger partial charge >= 0.3 is 0 Å². The van der Waals surface area contributed by atoms with Crippen LogP contribution in [-0.2, 0) is 4.74 Å². The van der Waals surface area contributed by atoms with E-state index >= 15 is 0 Å². The maximum Gasteiger partial charge on any atom is 0.142 e. The number of methoxy groups -OCH3 is 2. The third-order valence-corrected chi connectivity index (χ3v) is 2.28. The highest BCUT2D eigenvalue weighted by Gasteiger charge is 2.01. The van der Waals surface area contributed by atoms with Gasteiger partial charge in [0, 0.05) is 18.1 Å². The van der Waals surface area contributed by atoms with Crippen molar-refractivity contribution in [3.8, 4) is 5.75 Å². The molecule has 0 aliphatic rings. The van der Waals surface area contributed by atoms with Gasteiger partial charge in [-0.15, -0.1) is 0 Å². The summed E-state index contributed by atoms with van der Waals surface area (Å²) < 4.78 is 11.2. The number of anilines is 1. The fourth-order valence-electron chi connectivity index (χ4n) is 1.11. The number of benzene rings is 1. The molecule has 0 amide bonds. The second kappa shape index (κ2) is 5.88. The van der Waals surface area contributed by atoms with E-state index in [1.807, 2.05) is 18.2 Å². The van der Waals surface area contributed by atoms with E-state index in [1.165, 1.54) is 0 Å². The highest BCUT2D eigenvalue weighted by molar-refractivity contribution is 9.10. The molecule has 0 saturated carbocycles. The molecule has 0 fully saturated rings. The summed E-state index contributed by atoms with van der Waals surface area (Å²) in [5, 5.41) is 3.23. The van der Waals surface area contributed by atoms with Crippen LogP contribution in [0.1, 0.15) is 0 Å². The van der Waals surface area contributed by atoms with Crippen LogP contribution in [0.25, 0.3) is 0 Å². The average Bonchev–Trinajstić information content (AvgIpc) is 2.19. The lowest BCUT2D eigenvalue weighted by Gasteiger charge is -2.10. The minimum atomic E-state index is 0.676. The lowest BCUT2D eigenvalue weighted by atomic mass is 10.3. The highest BCUT2D eigenvalue weighted by atomic mass is 79.9. The summed E-state index contributed by atoms with van der Waals surface area (Å²) in [7, 11) is 3.34. The van der Waals surface area contributed by atoms with E-state index in [-0.39, 0.29) is 0 Å². The second-order valence-electron chi connectivity index (χ2n) is 2.76. The molecular weight excluding hydrogens is 246 g/mol. The molecule has 0 unspecified atom stereocenters. The van der Waals surface area contributed by atoms with Crippen molar-refractivity contribution >= 4 is 21.6 Å². The van der Waals surface area contributed by atoms with E-state index in [1.54, 1.807) is 14.2 Å². The monoisotopic (exact) mass is 259 g/mol. The summed E-state index contributed by atoms with van der Waals surface area (Å²) in [6, 6.07) is 5.84. The molecule has 1 rings (SSSR count). The Bertz CT molecular complexity index is 291. The van der Waals surface area contributed by atoms with E-state index in [0.717, 1.165) is 22.5 Å². The molecule has 0 saturated heterocycles. The van der Waals surface area contributed by atoms with Gasteiger partial charge in [-0.3, -0.25) is 0 Å². The molecule has 0 bridgehead atoms. The molecule has 3 nitrogen and oxygen atoms in total. The Morgan fingerprint density at radius 2 is 2.14 bits per heavy atom. The van der Waals surface area contributed by atoms with Crippen LogP contribution >= 0.6 is 15.9 Å². The molecule has 0 aromatic heterocycles. The smallest absolute Gasteiger partial charge is 0.142 e. The lowest BCUT2D eigenvalue weighted by Crippen LogP contribution is -2.08. The molecular formula is C10H14BrNO2. The van der Waals surface area contributed by atoms with Crippen molar-refractivity contribution in [1.82, 2.24) is 0 Å². The molecule has 0 aliphatic carbocycles. The fraction of sp³-hybridized carbons (Fsp3) is 0.400. The fourth-order valence-corrected chi connectivity index (χ4v) is 1.47. The van der Waals surface area contributed by atoms with Crippen LogP contribution < -0.4 is 10.1 Å². The SMILES string of the molecule is COCCNc1cc(Br)ccc1OC. The van der Waals surface area contributed by atoms with Gasteiger partial charge in [0.25, 0.3) is 0 Å². The van der Waals surface area contributed by atoms with E-state index < -0.39 is 0 Å². The zero-order valence-corrected chi connectivity index (χ0v) is 9.93. The van der Waals surface area contributed by atoms with Crippen molar-refractivity contribution in [3.63, 3.8) is 0 Å². The standard InChI is InChI=1S/C10H14BrNO2/c1-13-6-5-12-9-7-8(11)3-4-10(9)14-2/h3-4,7,12H,5-6H2,1-2H3. The summed E-state index contributed by atoms with van der Waals surface area (Å²) in [4.78, 5) is 0. The Hall–Kier alpha value is -0.740. The average molecular weight is 260 g/mol. The normalized spacial score (nSPS) is 9.93. The Kier molecular flexibility index (Phi) is 4.76. The molecule has 4 heteroatoms. The van der Waals surface area contributed by atoms with E-state index in [9.17, 15) is 0 Å². The predicted molar refractivity (Wildman–Crippen MR) is 61.1 cm³/mol. The Labute approximate surface area is 92.5 Å². The van der Waals surface area contributed by atoms with Crippen LogP contribution in [-0.4, -0.2) is 27.4 Å². The third-order valence-electron chi connectivity index (χ3n) is 1.78. The zero-order chi connectivity index (χ0) is 10.4. The van der Waals surface area contributed by atoms with Gasteiger partial charge in [-0.25, -0.2) is 0 Å². The van der Waals surface area contributed by atoms with Gasteiger partial charge in [-0.1, -0.05) is 15.9 Å². The number of hydrogen-bond donors (Lipinski definition) is 1. The van der Waals surface area contributed by atoms with Crippen molar-refractivity contribution in [2.75, 3.05) is 32.7 Å². The van der Waals surface area contributed by atoms with Gasteiger partial charge in [0.15, 0.2) is 0 Å². The quantitative estimate of drug-likeness (QED) is 0.825. The lowest BCUT2D eigenvalue weighted by molar-refractivity contribution is 0.210. The van der Waals surface area contributed by atoms with Crippen LogP contribution in [0.2, 0.25) is 0 Å². The van der Waals surface area contributed by atoms with Crippen molar-refractivity contribution in [2.45, 2.75) is 0 Å². The molecule has 1 aromatic carbocycles. The van der Waals surface area contributed by atoms with Crippen LogP contribution in [0.5, 0.6) is 5.75 Å². The third kappa shape index (κ3) is 3.20. The van der Waals surface area contributed by atoms with Gasteiger partial charge in [0.2, 0.25) is 0 Å². The second-order valence-corrected chi connectivity index (χ2v) is 3.68. The predicted octanol–water partition coefficient (Wildman–Crippen LogP) is 2.52. The topological polar surface area (TPSA) is 30.5 Å². The first-order valence-electron chi connectivity index (χ1n) is 4.34. The minimum absolute atomic E-state index is 0.676. The molecule has 78 valence electrons. The first-order chi connectivity index (χ1) is 6.77. The van der Waals surface area contributed by atoms with Crippen molar-refractivity contribution in [2.24, 2.45) is 0 Å². The summed E-state index contributed by atoms with van der Waals surface area (Å²) in [6.07, 6.45) is 0. The van der Waals surface area contributed by atoms with Crippen LogP contribution in [0.4, 0.5) is 5.69 Å². The van der Waals surface area contributed by atoms with Crippen LogP contribution in [0.3, 0.4) is 0 Å². The van der Waals surface area contributed by atoms with Gasteiger partial charge in [-0.2, -0.15) is 0 Å². The first-order valence-corrected chi connectivity index (χ1v) is 5.13. The van der Waals surface area contributed by atoms with Crippen molar-refractivity contribution in [3.05, 3.63) is 22.7 Å². The zero-order valence-electron chi connectivity index (χ0n) is 8.34. The Morgan fingerprint density at radius 1 is 1.36 bits per heavy atom. The molecule has 0 aliphatic heterocycles. The van der Waals surface area contributed by atoms with Gasteiger partial charge in [-0.05, 0) is 18.2 Å². The molecule has 14 heavy (non-hydrogen) atoms. The summed E-state index contributed by atoms with van der Waals surface area (Å²) in [6.45, 7) is 1.44. The molecule has 0 heterocycles. The number of ether oxygens (including phenoxy) is 2. The first kappa shape index (κ1) is 11.3. The Balaban J connectivity index is 2.67.